The maximum atomic E-state index is 12.7. The lowest BCUT2D eigenvalue weighted by Crippen LogP contribution is -2.21. The summed E-state index contributed by atoms with van der Waals surface area (Å²) in [6, 6.07) is 15.1. The van der Waals surface area contributed by atoms with Crippen LogP contribution in [0.15, 0.2) is 60.8 Å². The van der Waals surface area contributed by atoms with E-state index in [0.29, 0.717) is 22.9 Å². The fraction of sp³-hybridized carbons (Fsp3) is 0.125. The number of rotatable bonds is 5. The third-order valence-electron chi connectivity index (χ3n) is 5.11. The number of urea groups is 1. The molecular formula is C24H21ClN4O3. The molecule has 0 unspecified atom stereocenters. The van der Waals surface area contributed by atoms with E-state index in [1.54, 1.807) is 48.5 Å². The molecule has 0 saturated carbocycles. The molecule has 0 aliphatic rings. The number of aromatic carboxylic acids is 1. The molecule has 2 aromatic heterocycles. The van der Waals surface area contributed by atoms with Crippen molar-refractivity contribution in [3.63, 3.8) is 0 Å². The van der Waals surface area contributed by atoms with Gasteiger partial charge < -0.3 is 10.4 Å². The lowest BCUT2D eigenvalue weighted by Gasteiger charge is -2.11. The summed E-state index contributed by atoms with van der Waals surface area (Å²) in [5.41, 5.74) is 5.03. The van der Waals surface area contributed by atoms with Crippen LogP contribution in [0.25, 0.3) is 16.8 Å². The summed E-state index contributed by atoms with van der Waals surface area (Å²) in [6.07, 6.45) is 2.53. The number of hydrogen-bond donors (Lipinski definition) is 3. The largest absolute Gasteiger partial charge is 0.478 e. The Hall–Kier alpha value is -3.84. The number of anilines is 2. The second-order valence-electron chi connectivity index (χ2n) is 7.33. The van der Waals surface area contributed by atoms with E-state index in [0.717, 1.165) is 28.0 Å². The standard InChI is InChI=1S/C24H21ClN4O3/c1-3-20-22(28-24(32)26-19-10-8-18(25)9-11-19)29-13-17(12-14(2)21(29)27-20)15-4-6-16(7-5-15)23(30)31/h4-13H,3H2,1-2H3,(H,30,31)(H2,26,28,32). The Bertz CT molecular complexity index is 1310. The number of imidazole rings is 1. The van der Waals surface area contributed by atoms with Gasteiger partial charge in [-0.3, -0.25) is 9.72 Å². The van der Waals surface area contributed by atoms with Crippen LogP contribution in [0.2, 0.25) is 5.02 Å². The Kier molecular flexibility index (Phi) is 5.83. The van der Waals surface area contributed by atoms with Crippen molar-refractivity contribution < 1.29 is 14.7 Å². The maximum absolute atomic E-state index is 12.7. The molecule has 0 saturated heterocycles. The zero-order valence-electron chi connectivity index (χ0n) is 17.5. The molecule has 2 amide bonds. The van der Waals surface area contributed by atoms with Gasteiger partial charge in [-0.1, -0.05) is 30.7 Å². The van der Waals surface area contributed by atoms with Crippen molar-refractivity contribution >= 4 is 40.8 Å². The summed E-state index contributed by atoms with van der Waals surface area (Å²) in [7, 11) is 0. The summed E-state index contributed by atoms with van der Waals surface area (Å²) < 4.78 is 1.86. The minimum atomic E-state index is -0.969. The van der Waals surface area contributed by atoms with E-state index in [1.165, 1.54) is 0 Å². The Balaban J connectivity index is 1.70. The number of nitrogens with zero attached hydrogens (tertiary/aromatic N) is 2. The molecule has 0 aliphatic heterocycles. The minimum absolute atomic E-state index is 0.226. The van der Waals surface area contributed by atoms with E-state index in [-0.39, 0.29) is 5.56 Å². The van der Waals surface area contributed by atoms with Crippen molar-refractivity contribution in [1.29, 1.82) is 0 Å². The smallest absolute Gasteiger partial charge is 0.335 e. The molecule has 8 heteroatoms. The van der Waals surface area contributed by atoms with Crippen LogP contribution in [0, 0.1) is 6.92 Å². The first kappa shape index (κ1) is 21.4. The molecule has 0 aliphatic carbocycles. The van der Waals surface area contributed by atoms with E-state index >= 15 is 0 Å². The van der Waals surface area contributed by atoms with Crippen LogP contribution in [0.4, 0.5) is 16.3 Å². The van der Waals surface area contributed by atoms with Crippen molar-refractivity contribution in [2.24, 2.45) is 0 Å². The zero-order chi connectivity index (χ0) is 22.8. The molecule has 32 heavy (non-hydrogen) atoms. The fourth-order valence-corrected chi connectivity index (χ4v) is 3.63. The lowest BCUT2D eigenvalue weighted by atomic mass is 10.0. The highest BCUT2D eigenvalue weighted by molar-refractivity contribution is 6.30. The maximum Gasteiger partial charge on any atom is 0.335 e. The topological polar surface area (TPSA) is 95.7 Å². The van der Waals surface area contributed by atoms with Crippen molar-refractivity contribution in [1.82, 2.24) is 9.38 Å². The van der Waals surface area contributed by atoms with Gasteiger partial charge in [-0.2, -0.15) is 0 Å². The van der Waals surface area contributed by atoms with Gasteiger partial charge in [0.15, 0.2) is 0 Å². The second-order valence-corrected chi connectivity index (χ2v) is 7.77. The average Bonchev–Trinajstić information content (AvgIpc) is 3.13. The Morgan fingerprint density at radius 3 is 2.34 bits per heavy atom. The number of halogens is 1. The zero-order valence-corrected chi connectivity index (χ0v) is 18.3. The molecule has 4 rings (SSSR count). The van der Waals surface area contributed by atoms with Gasteiger partial charge in [-0.15, -0.1) is 0 Å². The molecule has 7 nitrogen and oxygen atoms in total. The molecule has 0 radical (unpaired) electrons. The normalized spacial score (nSPS) is 10.8. The quantitative estimate of drug-likeness (QED) is 0.356. The van der Waals surface area contributed by atoms with Gasteiger partial charge in [-0.05, 0) is 72.5 Å². The number of carbonyl (C=O) groups is 2. The van der Waals surface area contributed by atoms with Crippen LogP contribution in [0.1, 0.15) is 28.5 Å². The molecular weight excluding hydrogens is 428 g/mol. The van der Waals surface area contributed by atoms with Crippen LogP contribution in [0.5, 0.6) is 0 Å². The predicted octanol–water partition coefficient (Wildman–Crippen LogP) is 5.87. The molecule has 0 spiro atoms. The number of carboxylic acids is 1. The van der Waals surface area contributed by atoms with E-state index in [4.69, 9.17) is 21.7 Å². The molecule has 0 bridgehead atoms. The van der Waals surface area contributed by atoms with Crippen molar-refractivity contribution in [3.8, 4) is 11.1 Å². The van der Waals surface area contributed by atoms with Crippen LogP contribution in [-0.4, -0.2) is 26.5 Å². The monoisotopic (exact) mass is 448 g/mol. The van der Waals surface area contributed by atoms with Gasteiger partial charge in [0.05, 0.1) is 11.3 Å². The Labute approximate surface area is 189 Å². The summed E-state index contributed by atoms with van der Waals surface area (Å²) in [6.45, 7) is 3.93. The Morgan fingerprint density at radius 2 is 1.72 bits per heavy atom. The molecule has 162 valence electrons. The van der Waals surface area contributed by atoms with Gasteiger partial charge in [0.2, 0.25) is 0 Å². The molecule has 0 fully saturated rings. The number of aromatic nitrogens is 2. The van der Waals surface area contributed by atoms with Crippen LogP contribution >= 0.6 is 11.6 Å². The number of amides is 2. The van der Waals surface area contributed by atoms with E-state index in [2.05, 4.69) is 10.6 Å². The second kappa shape index (κ2) is 8.72. The predicted molar refractivity (Wildman–Crippen MR) is 126 cm³/mol. The summed E-state index contributed by atoms with van der Waals surface area (Å²) in [5, 5.41) is 15.4. The van der Waals surface area contributed by atoms with E-state index in [9.17, 15) is 9.59 Å². The first-order valence-corrected chi connectivity index (χ1v) is 10.4. The molecule has 4 aromatic rings. The highest BCUT2D eigenvalue weighted by atomic mass is 35.5. The van der Waals surface area contributed by atoms with Gasteiger partial charge in [-0.25, -0.2) is 14.6 Å². The SMILES string of the molecule is CCc1nc2c(C)cc(-c3ccc(C(=O)O)cc3)cn2c1NC(=O)Nc1ccc(Cl)cc1. The van der Waals surface area contributed by atoms with Crippen molar-refractivity contribution in [2.75, 3.05) is 10.6 Å². The lowest BCUT2D eigenvalue weighted by molar-refractivity contribution is 0.0697. The first-order valence-electron chi connectivity index (χ1n) is 10.0. The van der Waals surface area contributed by atoms with Crippen LogP contribution < -0.4 is 10.6 Å². The van der Waals surface area contributed by atoms with Gasteiger partial charge in [0, 0.05) is 16.9 Å². The van der Waals surface area contributed by atoms with Gasteiger partial charge >= 0.3 is 12.0 Å². The minimum Gasteiger partial charge on any atom is -0.478 e. The highest BCUT2D eigenvalue weighted by Crippen LogP contribution is 2.28. The van der Waals surface area contributed by atoms with Crippen LogP contribution in [0.3, 0.4) is 0 Å². The summed E-state index contributed by atoms with van der Waals surface area (Å²) >= 11 is 5.90. The van der Waals surface area contributed by atoms with E-state index < -0.39 is 12.0 Å². The number of pyridine rings is 1. The van der Waals surface area contributed by atoms with Gasteiger partial charge in [0.1, 0.15) is 11.5 Å². The van der Waals surface area contributed by atoms with Crippen molar-refractivity contribution in [2.45, 2.75) is 20.3 Å². The number of benzene rings is 2. The average molecular weight is 449 g/mol. The number of hydrogen-bond acceptors (Lipinski definition) is 3. The fourth-order valence-electron chi connectivity index (χ4n) is 3.50. The molecule has 2 heterocycles. The van der Waals surface area contributed by atoms with Gasteiger partial charge in [0.25, 0.3) is 0 Å². The number of aryl methyl sites for hydroxylation is 2. The third-order valence-corrected chi connectivity index (χ3v) is 5.36. The van der Waals surface area contributed by atoms with E-state index in [1.807, 2.05) is 30.5 Å². The number of fused-ring (bicyclic) bond motifs is 1. The van der Waals surface area contributed by atoms with Crippen LogP contribution in [-0.2, 0) is 6.42 Å². The first-order chi connectivity index (χ1) is 15.4. The summed E-state index contributed by atoms with van der Waals surface area (Å²) in [4.78, 5) is 28.5. The number of carboxylic acid groups (broad SMARTS) is 1. The molecule has 0 atom stereocenters. The molecule has 2 aromatic carbocycles. The molecule has 3 N–H and O–H groups in total. The highest BCUT2D eigenvalue weighted by Gasteiger charge is 2.16. The van der Waals surface area contributed by atoms with Crippen molar-refractivity contribution in [3.05, 3.63) is 82.6 Å². The Morgan fingerprint density at radius 1 is 1.03 bits per heavy atom. The third kappa shape index (κ3) is 4.29. The summed E-state index contributed by atoms with van der Waals surface area (Å²) in [5.74, 6) is -0.385. The number of carbonyl (C=O) groups excluding carboxylic acids is 1. The number of nitrogens with one attached hydrogen (secondary N) is 2.